The van der Waals surface area contributed by atoms with Crippen molar-refractivity contribution in [3.8, 4) is 0 Å². The zero-order chi connectivity index (χ0) is 24.3. The fraction of sp³-hybridized carbons (Fsp3) is 0.625. The van der Waals surface area contributed by atoms with Gasteiger partial charge in [0.05, 0.1) is 23.3 Å². The first kappa shape index (κ1) is 24.7. The van der Waals surface area contributed by atoms with Crippen LogP contribution in [-0.2, 0) is 35.6 Å². The zero-order valence-corrected chi connectivity index (χ0v) is 20.4. The predicted molar refractivity (Wildman–Crippen MR) is 125 cm³/mol. The number of ether oxygens (including phenoxy) is 1. The molecule has 0 bridgehead atoms. The minimum Gasteiger partial charge on any atom is -0.466 e. The van der Waals surface area contributed by atoms with Crippen molar-refractivity contribution in [1.82, 2.24) is 9.21 Å². The van der Waals surface area contributed by atoms with Crippen molar-refractivity contribution in [2.24, 2.45) is 11.8 Å². The number of rotatable bonds is 5. The van der Waals surface area contributed by atoms with Crippen LogP contribution in [0.5, 0.6) is 0 Å². The summed E-state index contributed by atoms with van der Waals surface area (Å²) < 4.78 is 33.3. The molecule has 1 aromatic carbocycles. The summed E-state index contributed by atoms with van der Waals surface area (Å²) in [5.41, 5.74) is 1.49. The second-order valence-corrected chi connectivity index (χ2v) is 11.2. The number of aryl methyl sites for hydroxylation is 1. The molecule has 1 N–H and O–H groups in total. The van der Waals surface area contributed by atoms with E-state index in [2.05, 4.69) is 5.32 Å². The van der Waals surface area contributed by atoms with Gasteiger partial charge in [-0.2, -0.15) is 4.31 Å². The van der Waals surface area contributed by atoms with Gasteiger partial charge in [0.15, 0.2) is 0 Å². The second-order valence-electron chi connectivity index (χ2n) is 9.27. The van der Waals surface area contributed by atoms with Gasteiger partial charge in [-0.3, -0.25) is 14.4 Å². The van der Waals surface area contributed by atoms with E-state index in [0.29, 0.717) is 76.9 Å². The van der Waals surface area contributed by atoms with Crippen molar-refractivity contribution in [3.63, 3.8) is 0 Å². The van der Waals surface area contributed by atoms with Crippen LogP contribution in [0.1, 0.15) is 51.0 Å². The van der Waals surface area contributed by atoms with Crippen LogP contribution in [0.4, 0.5) is 5.69 Å². The summed E-state index contributed by atoms with van der Waals surface area (Å²) in [7, 11) is -3.76. The molecule has 0 unspecified atom stereocenters. The van der Waals surface area contributed by atoms with Crippen LogP contribution in [0, 0.1) is 11.8 Å². The molecule has 2 fully saturated rings. The number of likely N-dealkylation sites (tertiary alicyclic amines) is 1. The standard InChI is InChI=1S/C24H33N3O6S/c1-2-33-24(30)17-10-13-26(14-11-17)23(29)19-6-4-12-27(16-19)34(31,32)20-8-9-21-18(15-20)5-3-7-22(28)25-21/h8-9,15,17,19H,2-7,10-14,16H2,1H3,(H,25,28)/t19-/m1/s1. The molecule has 1 aromatic rings. The number of nitrogens with zero attached hydrogens (tertiary/aromatic N) is 2. The first-order chi connectivity index (χ1) is 16.3. The number of sulfonamides is 1. The lowest BCUT2D eigenvalue weighted by atomic mass is 9.93. The summed E-state index contributed by atoms with van der Waals surface area (Å²) >= 11 is 0. The number of nitrogens with one attached hydrogen (secondary N) is 1. The Kier molecular flexibility index (Phi) is 7.57. The SMILES string of the molecule is CCOC(=O)C1CCN(C(=O)[C@@H]2CCCN(S(=O)(=O)c3ccc4c(c3)CCCC(=O)N4)C2)CC1. The van der Waals surface area contributed by atoms with Gasteiger partial charge in [0.2, 0.25) is 21.8 Å². The quantitative estimate of drug-likeness (QED) is 0.632. The van der Waals surface area contributed by atoms with E-state index in [0.717, 1.165) is 5.56 Å². The molecule has 3 aliphatic rings. The van der Waals surface area contributed by atoms with E-state index in [1.165, 1.54) is 10.4 Å². The lowest BCUT2D eigenvalue weighted by Gasteiger charge is -2.37. The van der Waals surface area contributed by atoms with Gasteiger partial charge in [-0.15, -0.1) is 0 Å². The molecule has 0 spiro atoms. The lowest BCUT2D eigenvalue weighted by molar-refractivity contribution is -0.152. The number of hydrogen-bond donors (Lipinski definition) is 1. The molecule has 2 amide bonds. The largest absolute Gasteiger partial charge is 0.466 e. The first-order valence-electron chi connectivity index (χ1n) is 12.2. The van der Waals surface area contributed by atoms with Gasteiger partial charge in [0, 0.05) is 38.3 Å². The van der Waals surface area contributed by atoms with Crippen molar-refractivity contribution < 1.29 is 27.5 Å². The minimum atomic E-state index is -3.76. The smallest absolute Gasteiger partial charge is 0.309 e. The zero-order valence-electron chi connectivity index (χ0n) is 19.6. The van der Waals surface area contributed by atoms with E-state index in [-0.39, 0.29) is 41.1 Å². The number of amides is 2. The summed E-state index contributed by atoms with van der Waals surface area (Å²) in [4.78, 5) is 38.9. The third kappa shape index (κ3) is 5.27. The fourth-order valence-corrected chi connectivity index (χ4v) is 6.65. The van der Waals surface area contributed by atoms with Gasteiger partial charge in [-0.1, -0.05) is 0 Å². The third-order valence-corrected chi connectivity index (χ3v) is 8.86. The summed E-state index contributed by atoms with van der Waals surface area (Å²) in [6.45, 7) is 3.65. The Bertz CT molecular complexity index is 1050. The molecule has 34 heavy (non-hydrogen) atoms. The van der Waals surface area contributed by atoms with Crippen LogP contribution in [0.15, 0.2) is 23.1 Å². The molecule has 10 heteroatoms. The van der Waals surface area contributed by atoms with E-state index >= 15 is 0 Å². The summed E-state index contributed by atoms with van der Waals surface area (Å²) in [5, 5.41) is 2.83. The average Bonchev–Trinajstić information content (AvgIpc) is 3.03. The Morgan fingerprint density at radius 1 is 1.06 bits per heavy atom. The highest BCUT2D eigenvalue weighted by Gasteiger charge is 2.37. The van der Waals surface area contributed by atoms with Crippen molar-refractivity contribution in [2.45, 2.75) is 56.8 Å². The molecule has 0 saturated carbocycles. The molecule has 9 nitrogen and oxygen atoms in total. The van der Waals surface area contributed by atoms with E-state index in [1.54, 1.807) is 24.0 Å². The van der Waals surface area contributed by atoms with Crippen molar-refractivity contribution in [2.75, 3.05) is 38.1 Å². The highest BCUT2D eigenvalue weighted by molar-refractivity contribution is 7.89. The molecular formula is C24H33N3O6S. The Morgan fingerprint density at radius 3 is 2.56 bits per heavy atom. The molecule has 3 heterocycles. The lowest BCUT2D eigenvalue weighted by Crippen LogP contribution is -2.49. The van der Waals surface area contributed by atoms with E-state index in [1.807, 2.05) is 0 Å². The van der Waals surface area contributed by atoms with Crippen LogP contribution < -0.4 is 5.32 Å². The van der Waals surface area contributed by atoms with Gasteiger partial charge >= 0.3 is 5.97 Å². The average molecular weight is 492 g/mol. The van der Waals surface area contributed by atoms with Gasteiger partial charge in [-0.05, 0) is 69.2 Å². The molecule has 0 aromatic heterocycles. The minimum absolute atomic E-state index is 0.0353. The van der Waals surface area contributed by atoms with Crippen molar-refractivity contribution in [3.05, 3.63) is 23.8 Å². The van der Waals surface area contributed by atoms with Crippen LogP contribution in [-0.4, -0.2) is 68.2 Å². The maximum atomic E-state index is 13.4. The molecular weight excluding hydrogens is 458 g/mol. The van der Waals surface area contributed by atoms with Crippen molar-refractivity contribution >= 4 is 33.5 Å². The molecule has 186 valence electrons. The number of carbonyl (C=O) groups excluding carboxylic acids is 3. The van der Waals surface area contributed by atoms with E-state index in [4.69, 9.17) is 4.74 Å². The van der Waals surface area contributed by atoms with Gasteiger partial charge in [-0.25, -0.2) is 8.42 Å². The normalized spacial score (nSPS) is 22.4. The van der Waals surface area contributed by atoms with E-state index < -0.39 is 10.0 Å². The number of piperidine rings is 2. The molecule has 1 atom stereocenters. The Hall–Kier alpha value is -2.46. The van der Waals surface area contributed by atoms with Gasteiger partial charge in [0.1, 0.15) is 0 Å². The fourth-order valence-electron chi connectivity index (χ4n) is 5.08. The maximum absolute atomic E-state index is 13.4. The van der Waals surface area contributed by atoms with Gasteiger partial charge < -0.3 is 15.0 Å². The summed E-state index contributed by atoms with van der Waals surface area (Å²) in [5.74, 6) is -0.859. The van der Waals surface area contributed by atoms with Crippen LogP contribution in [0.2, 0.25) is 0 Å². The van der Waals surface area contributed by atoms with Gasteiger partial charge in [0.25, 0.3) is 0 Å². The number of esters is 1. The number of hydrogen-bond acceptors (Lipinski definition) is 6. The monoisotopic (exact) mass is 491 g/mol. The summed E-state index contributed by atoms with van der Waals surface area (Å²) in [6.07, 6.45) is 4.16. The molecule has 0 radical (unpaired) electrons. The molecule has 0 aliphatic carbocycles. The van der Waals surface area contributed by atoms with E-state index in [9.17, 15) is 22.8 Å². The number of fused-ring (bicyclic) bond motifs is 1. The maximum Gasteiger partial charge on any atom is 0.309 e. The Balaban J connectivity index is 1.41. The number of carbonyl (C=O) groups is 3. The highest BCUT2D eigenvalue weighted by Crippen LogP contribution is 2.30. The van der Waals surface area contributed by atoms with Crippen LogP contribution >= 0.6 is 0 Å². The molecule has 4 rings (SSSR count). The number of benzene rings is 1. The molecule has 3 aliphatic heterocycles. The topological polar surface area (TPSA) is 113 Å². The summed E-state index contributed by atoms with van der Waals surface area (Å²) in [6, 6.07) is 4.85. The Morgan fingerprint density at radius 2 is 1.82 bits per heavy atom. The predicted octanol–water partition coefficient (Wildman–Crippen LogP) is 2.16. The Labute approximate surface area is 200 Å². The van der Waals surface area contributed by atoms with Crippen LogP contribution in [0.25, 0.3) is 0 Å². The second kappa shape index (κ2) is 10.4. The third-order valence-electron chi connectivity index (χ3n) is 7.00. The number of anilines is 1. The molecule has 2 saturated heterocycles. The van der Waals surface area contributed by atoms with Crippen LogP contribution in [0.3, 0.4) is 0 Å². The highest BCUT2D eigenvalue weighted by atomic mass is 32.2. The first-order valence-corrected chi connectivity index (χ1v) is 13.6. The van der Waals surface area contributed by atoms with Crippen molar-refractivity contribution in [1.29, 1.82) is 0 Å².